The maximum Gasteiger partial charge on any atom is 0.257 e. The molecular weight excluding hydrogens is 478 g/mol. The highest BCUT2D eigenvalue weighted by molar-refractivity contribution is 7.89. The molecule has 1 fully saturated rings. The number of halogens is 1. The number of hydrogen-bond acceptors (Lipinski definition) is 7. The number of aromatic nitrogens is 1. The first-order valence-electron chi connectivity index (χ1n) is 9.53. The Hall–Kier alpha value is -1.82. The highest BCUT2D eigenvalue weighted by Crippen LogP contribution is 2.33. The third-order valence-corrected chi connectivity index (χ3v) is 8.71. The number of carbonyl (C=O) groups is 1. The summed E-state index contributed by atoms with van der Waals surface area (Å²) in [6, 6.07) is 9.55. The number of thiophene rings is 1. The molecule has 2 aromatic heterocycles. The van der Waals surface area contributed by atoms with Crippen LogP contribution in [0.1, 0.15) is 23.2 Å². The lowest BCUT2D eigenvalue weighted by Crippen LogP contribution is -2.34. The molecule has 0 spiro atoms. The molecule has 11 heteroatoms. The SMILES string of the molecule is CN(CC1CCCO1)S(=O)(=O)c1ccc(C(=O)Nc2nc(-c3ccc(Cl)s3)cs2)cc1. The van der Waals surface area contributed by atoms with Crippen LogP contribution < -0.4 is 5.32 Å². The summed E-state index contributed by atoms with van der Waals surface area (Å²) in [7, 11) is -2.11. The molecule has 7 nitrogen and oxygen atoms in total. The summed E-state index contributed by atoms with van der Waals surface area (Å²) in [6.45, 7) is 0.983. The van der Waals surface area contributed by atoms with E-state index >= 15 is 0 Å². The number of rotatable bonds is 7. The zero-order chi connectivity index (χ0) is 22.0. The van der Waals surface area contributed by atoms with Gasteiger partial charge in [-0.25, -0.2) is 13.4 Å². The smallest absolute Gasteiger partial charge is 0.257 e. The minimum Gasteiger partial charge on any atom is -0.377 e. The fourth-order valence-electron chi connectivity index (χ4n) is 3.20. The van der Waals surface area contributed by atoms with E-state index in [9.17, 15) is 13.2 Å². The number of amides is 1. The van der Waals surface area contributed by atoms with Gasteiger partial charge in [0.2, 0.25) is 10.0 Å². The lowest BCUT2D eigenvalue weighted by Gasteiger charge is -2.20. The summed E-state index contributed by atoms with van der Waals surface area (Å²) in [5.41, 5.74) is 1.09. The Kier molecular flexibility index (Phi) is 6.75. The second-order valence-corrected chi connectivity index (χ2v) is 11.7. The van der Waals surface area contributed by atoms with Gasteiger partial charge in [-0.2, -0.15) is 4.31 Å². The molecule has 1 saturated heterocycles. The van der Waals surface area contributed by atoms with Crippen molar-refractivity contribution < 1.29 is 17.9 Å². The molecule has 3 aromatic rings. The first-order valence-corrected chi connectivity index (χ1v) is 13.0. The summed E-state index contributed by atoms with van der Waals surface area (Å²) in [6.07, 6.45) is 1.74. The van der Waals surface area contributed by atoms with Crippen LogP contribution in [-0.2, 0) is 14.8 Å². The minimum absolute atomic E-state index is 0.0711. The molecule has 0 aliphatic carbocycles. The van der Waals surface area contributed by atoms with Crippen molar-refractivity contribution >= 4 is 55.3 Å². The number of sulfonamides is 1. The molecule has 3 heterocycles. The zero-order valence-electron chi connectivity index (χ0n) is 16.6. The van der Waals surface area contributed by atoms with Crippen molar-refractivity contribution in [2.75, 3.05) is 25.5 Å². The minimum atomic E-state index is -3.65. The molecule has 1 unspecified atom stereocenters. The molecule has 1 amide bonds. The van der Waals surface area contributed by atoms with Gasteiger partial charge < -0.3 is 4.74 Å². The van der Waals surface area contributed by atoms with Crippen molar-refractivity contribution in [1.29, 1.82) is 0 Å². The lowest BCUT2D eigenvalue weighted by molar-refractivity contribution is 0.0979. The monoisotopic (exact) mass is 497 g/mol. The topological polar surface area (TPSA) is 88.6 Å². The largest absolute Gasteiger partial charge is 0.377 e. The van der Waals surface area contributed by atoms with E-state index in [1.165, 1.54) is 51.2 Å². The van der Waals surface area contributed by atoms with Crippen LogP contribution in [0.15, 0.2) is 46.7 Å². The van der Waals surface area contributed by atoms with Gasteiger partial charge in [-0.05, 0) is 49.2 Å². The molecule has 0 bridgehead atoms. The molecule has 1 atom stereocenters. The van der Waals surface area contributed by atoms with E-state index in [4.69, 9.17) is 16.3 Å². The lowest BCUT2D eigenvalue weighted by atomic mass is 10.2. The average Bonchev–Trinajstić information content (AvgIpc) is 3.50. The Morgan fingerprint density at radius 3 is 2.71 bits per heavy atom. The molecule has 31 heavy (non-hydrogen) atoms. The van der Waals surface area contributed by atoms with Crippen LogP contribution in [0.3, 0.4) is 0 Å². The summed E-state index contributed by atoms with van der Waals surface area (Å²) in [5, 5.41) is 5.05. The van der Waals surface area contributed by atoms with Crippen LogP contribution in [0.5, 0.6) is 0 Å². The summed E-state index contributed by atoms with van der Waals surface area (Å²) >= 11 is 8.68. The quantitative estimate of drug-likeness (QED) is 0.516. The number of thiazole rings is 1. The predicted molar refractivity (Wildman–Crippen MR) is 124 cm³/mol. The summed E-state index contributed by atoms with van der Waals surface area (Å²) < 4.78 is 33.1. The number of nitrogens with zero attached hydrogens (tertiary/aromatic N) is 2. The molecule has 0 radical (unpaired) electrons. The van der Waals surface area contributed by atoms with Crippen molar-refractivity contribution in [3.8, 4) is 10.6 Å². The summed E-state index contributed by atoms with van der Waals surface area (Å²) in [5.74, 6) is -0.359. The van der Waals surface area contributed by atoms with E-state index in [-0.39, 0.29) is 16.9 Å². The van der Waals surface area contributed by atoms with E-state index in [0.29, 0.717) is 28.2 Å². The highest BCUT2D eigenvalue weighted by Gasteiger charge is 2.26. The Morgan fingerprint density at radius 2 is 2.06 bits per heavy atom. The van der Waals surface area contributed by atoms with Crippen molar-refractivity contribution in [2.45, 2.75) is 23.8 Å². The van der Waals surface area contributed by atoms with Gasteiger partial charge in [0.15, 0.2) is 5.13 Å². The number of likely N-dealkylation sites (N-methyl/N-ethyl adjacent to an activating group) is 1. The van der Waals surface area contributed by atoms with Crippen molar-refractivity contribution in [3.63, 3.8) is 0 Å². The second-order valence-electron chi connectivity index (χ2n) is 7.04. The van der Waals surface area contributed by atoms with Crippen LogP contribution in [0.25, 0.3) is 10.6 Å². The van der Waals surface area contributed by atoms with Crippen LogP contribution in [0, 0.1) is 0 Å². The first-order chi connectivity index (χ1) is 14.8. The molecule has 1 aliphatic rings. The van der Waals surface area contributed by atoms with Crippen LogP contribution >= 0.6 is 34.3 Å². The van der Waals surface area contributed by atoms with Crippen molar-refractivity contribution in [2.24, 2.45) is 0 Å². The highest BCUT2D eigenvalue weighted by atomic mass is 35.5. The molecule has 0 saturated carbocycles. The zero-order valence-corrected chi connectivity index (χ0v) is 19.8. The van der Waals surface area contributed by atoms with Gasteiger partial charge in [0.05, 0.1) is 25.9 Å². The van der Waals surface area contributed by atoms with E-state index in [0.717, 1.165) is 23.4 Å². The van der Waals surface area contributed by atoms with Crippen LogP contribution in [0.4, 0.5) is 5.13 Å². The number of anilines is 1. The molecule has 1 aromatic carbocycles. The predicted octanol–water partition coefficient (Wildman–Crippen LogP) is 4.58. The molecule has 164 valence electrons. The van der Waals surface area contributed by atoms with Crippen LogP contribution in [-0.4, -0.2) is 49.9 Å². The average molecular weight is 498 g/mol. The van der Waals surface area contributed by atoms with Gasteiger partial charge in [0.25, 0.3) is 5.91 Å². The molecule has 1 aliphatic heterocycles. The molecule has 1 N–H and O–H groups in total. The Morgan fingerprint density at radius 1 is 1.29 bits per heavy atom. The first kappa shape index (κ1) is 22.4. The van der Waals surface area contributed by atoms with Crippen LogP contribution in [0.2, 0.25) is 4.34 Å². The van der Waals surface area contributed by atoms with Gasteiger partial charge in [-0.1, -0.05) is 11.6 Å². The number of hydrogen-bond donors (Lipinski definition) is 1. The maximum absolute atomic E-state index is 12.8. The van der Waals surface area contributed by atoms with E-state index in [1.807, 2.05) is 11.4 Å². The van der Waals surface area contributed by atoms with Gasteiger partial charge in [0, 0.05) is 31.1 Å². The Labute approximate surface area is 193 Å². The van der Waals surface area contributed by atoms with E-state index in [2.05, 4.69) is 10.3 Å². The van der Waals surface area contributed by atoms with E-state index in [1.54, 1.807) is 13.1 Å². The van der Waals surface area contributed by atoms with Gasteiger partial charge in [-0.15, -0.1) is 22.7 Å². The Bertz CT molecular complexity index is 1170. The second kappa shape index (κ2) is 9.35. The van der Waals surface area contributed by atoms with Crippen molar-refractivity contribution in [3.05, 3.63) is 51.7 Å². The third-order valence-electron chi connectivity index (χ3n) is 4.86. The Balaban J connectivity index is 1.41. The number of carbonyl (C=O) groups excluding carboxylic acids is 1. The normalized spacial score (nSPS) is 16.7. The summed E-state index contributed by atoms with van der Waals surface area (Å²) in [4.78, 5) is 18.0. The third kappa shape index (κ3) is 5.16. The fourth-order valence-corrected chi connectivity index (χ4v) is 6.18. The van der Waals surface area contributed by atoms with Gasteiger partial charge in [0.1, 0.15) is 0 Å². The van der Waals surface area contributed by atoms with Crippen molar-refractivity contribution in [1.82, 2.24) is 9.29 Å². The standard InChI is InChI=1S/C20H20ClN3O4S3/c1-24(11-14-3-2-10-28-14)31(26,27)15-6-4-13(5-7-15)19(25)23-20-22-16(12-29-20)17-8-9-18(21)30-17/h4-9,12,14H,2-3,10-11H2,1H3,(H,22,23,25). The number of ether oxygens (including phenoxy) is 1. The number of benzene rings is 1. The van der Waals surface area contributed by atoms with Gasteiger partial charge in [-0.3, -0.25) is 10.1 Å². The molecule has 4 rings (SSSR count). The van der Waals surface area contributed by atoms with Gasteiger partial charge >= 0.3 is 0 Å². The molecular formula is C20H20ClN3O4S3. The van der Waals surface area contributed by atoms with E-state index < -0.39 is 10.0 Å². The number of nitrogens with one attached hydrogen (secondary N) is 1. The maximum atomic E-state index is 12.8. The fraction of sp³-hybridized carbons (Fsp3) is 0.300.